The summed E-state index contributed by atoms with van der Waals surface area (Å²) >= 11 is 0. The van der Waals surface area contributed by atoms with Crippen molar-refractivity contribution in [1.29, 1.82) is 0 Å². The Balaban J connectivity index is 2.43. The topological polar surface area (TPSA) is 96.9 Å². The third-order valence-electron chi connectivity index (χ3n) is 3.38. The summed E-state index contributed by atoms with van der Waals surface area (Å²) in [5.74, 6) is -0.843. The van der Waals surface area contributed by atoms with E-state index in [0.29, 0.717) is 32.6 Å². The maximum atomic E-state index is 11.8. The zero-order valence-corrected chi connectivity index (χ0v) is 12.3. The first-order valence-electron chi connectivity index (χ1n) is 6.78. The monoisotopic (exact) mass is 288 g/mol. The van der Waals surface area contributed by atoms with Gasteiger partial charge in [0.2, 0.25) is 0 Å². The summed E-state index contributed by atoms with van der Waals surface area (Å²) in [6, 6.07) is -1.38. The lowest BCUT2D eigenvalue weighted by Crippen LogP contribution is -2.51. The van der Waals surface area contributed by atoms with Crippen molar-refractivity contribution < 1.29 is 24.2 Å². The lowest BCUT2D eigenvalue weighted by Gasteiger charge is -2.26. The van der Waals surface area contributed by atoms with Crippen molar-refractivity contribution in [3.8, 4) is 0 Å². The van der Waals surface area contributed by atoms with E-state index in [1.54, 1.807) is 7.11 Å². The van der Waals surface area contributed by atoms with E-state index in [1.807, 2.05) is 13.8 Å². The molecular formula is C13H24N2O5. The largest absolute Gasteiger partial charge is 0.480 e. The quantitative estimate of drug-likeness (QED) is 0.637. The molecule has 1 fully saturated rings. The Labute approximate surface area is 119 Å². The van der Waals surface area contributed by atoms with Gasteiger partial charge in [-0.25, -0.2) is 9.59 Å². The average Bonchev–Trinajstić information content (AvgIpc) is 2.84. The summed E-state index contributed by atoms with van der Waals surface area (Å²) in [6.45, 7) is 5.14. The van der Waals surface area contributed by atoms with E-state index in [9.17, 15) is 9.59 Å². The minimum atomic E-state index is -1.03. The van der Waals surface area contributed by atoms with Crippen LogP contribution in [0.15, 0.2) is 0 Å². The molecule has 0 aromatic rings. The van der Waals surface area contributed by atoms with Crippen LogP contribution in [-0.4, -0.2) is 55.6 Å². The molecule has 0 bridgehead atoms. The molecule has 2 amide bonds. The van der Waals surface area contributed by atoms with Crippen LogP contribution in [0.3, 0.4) is 0 Å². The number of amides is 2. The molecular weight excluding hydrogens is 264 g/mol. The van der Waals surface area contributed by atoms with Gasteiger partial charge in [0.05, 0.1) is 13.2 Å². The number of carboxylic acids is 1. The van der Waals surface area contributed by atoms with Gasteiger partial charge < -0.3 is 25.2 Å². The van der Waals surface area contributed by atoms with E-state index in [0.717, 1.165) is 0 Å². The van der Waals surface area contributed by atoms with Gasteiger partial charge in [-0.15, -0.1) is 0 Å². The van der Waals surface area contributed by atoms with Gasteiger partial charge in [-0.3, -0.25) is 0 Å². The average molecular weight is 288 g/mol. The molecule has 1 aliphatic rings. The molecule has 0 aromatic carbocycles. The third-order valence-corrected chi connectivity index (χ3v) is 3.38. The van der Waals surface area contributed by atoms with E-state index < -0.39 is 23.6 Å². The molecule has 20 heavy (non-hydrogen) atoms. The standard InChI is InChI=1S/C13H24N2O5/c1-9(2)6-10(11(16)17)15-12(18)14-7-13(19-3)4-5-20-8-13/h9-10H,4-8H2,1-3H3,(H,16,17)(H2,14,15,18). The Morgan fingerprint density at radius 2 is 2.15 bits per heavy atom. The van der Waals surface area contributed by atoms with Gasteiger partial charge in [0.1, 0.15) is 11.6 Å². The number of carbonyl (C=O) groups excluding carboxylic acids is 1. The van der Waals surface area contributed by atoms with E-state index in [4.69, 9.17) is 14.6 Å². The Kier molecular flexibility index (Phi) is 6.22. The third kappa shape index (κ3) is 4.97. The summed E-state index contributed by atoms with van der Waals surface area (Å²) in [5.41, 5.74) is -0.506. The summed E-state index contributed by atoms with van der Waals surface area (Å²) in [4.78, 5) is 22.8. The van der Waals surface area contributed by atoms with Crippen molar-refractivity contribution in [3.63, 3.8) is 0 Å². The SMILES string of the molecule is COC1(CNC(=O)NC(CC(C)C)C(=O)O)CCOC1. The van der Waals surface area contributed by atoms with E-state index in [2.05, 4.69) is 10.6 Å². The van der Waals surface area contributed by atoms with Crippen LogP contribution < -0.4 is 10.6 Å². The first kappa shape index (κ1) is 16.7. The van der Waals surface area contributed by atoms with Crippen molar-refractivity contribution in [1.82, 2.24) is 10.6 Å². The van der Waals surface area contributed by atoms with Crippen LogP contribution in [0.4, 0.5) is 4.79 Å². The zero-order valence-electron chi connectivity index (χ0n) is 12.3. The number of carbonyl (C=O) groups is 2. The Morgan fingerprint density at radius 1 is 1.45 bits per heavy atom. The highest BCUT2D eigenvalue weighted by Crippen LogP contribution is 2.21. The van der Waals surface area contributed by atoms with Gasteiger partial charge in [0.15, 0.2) is 0 Å². The summed E-state index contributed by atoms with van der Waals surface area (Å²) < 4.78 is 10.6. The molecule has 7 heteroatoms. The summed E-state index contributed by atoms with van der Waals surface area (Å²) in [6.07, 6.45) is 1.10. The van der Waals surface area contributed by atoms with Crippen molar-refractivity contribution in [2.45, 2.75) is 38.3 Å². The number of ether oxygens (including phenoxy) is 2. The van der Waals surface area contributed by atoms with E-state index in [-0.39, 0.29) is 5.92 Å². The number of methoxy groups -OCH3 is 1. The zero-order chi connectivity index (χ0) is 15.2. The Bertz CT molecular complexity index is 340. The molecule has 0 spiro atoms. The fourth-order valence-electron chi connectivity index (χ4n) is 2.10. The van der Waals surface area contributed by atoms with Gasteiger partial charge in [-0.2, -0.15) is 0 Å². The fraction of sp³-hybridized carbons (Fsp3) is 0.846. The van der Waals surface area contributed by atoms with Gasteiger partial charge in [-0.1, -0.05) is 13.8 Å². The van der Waals surface area contributed by atoms with Crippen molar-refractivity contribution in [3.05, 3.63) is 0 Å². The fourth-order valence-corrected chi connectivity index (χ4v) is 2.10. The predicted octanol–water partition coefficient (Wildman–Crippen LogP) is 0.590. The molecule has 2 atom stereocenters. The molecule has 0 radical (unpaired) electrons. The van der Waals surface area contributed by atoms with Crippen molar-refractivity contribution >= 4 is 12.0 Å². The normalized spacial score (nSPS) is 23.6. The molecule has 1 rings (SSSR count). The van der Waals surface area contributed by atoms with Crippen LogP contribution in [0.2, 0.25) is 0 Å². The summed E-state index contributed by atoms with van der Waals surface area (Å²) in [5, 5.41) is 14.2. The number of rotatable bonds is 7. The molecule has 1 aliphatic heterocycles. The van der Waals surface area contributed by atoms with Crippen LogP contribution in [0, 0.1) is 5.92 Å². The molecule has 1 saturated heterocycles. The van der Waals surface area contributed by atoms with Crippen LogP contribution in [0.5, 0.6) is 0 Å². The maximum absolute atomic E-state index is 11.8. The smallest absolute Gasteiger partial charge is 0.326 e. The number of urea groups is 1. The lowest BCUT2D eigenvalue weighted by atomic mass is 10.0. The number of aliphatic carboxylic acids is 1. The molecule has 0 saturated carbocycles. The Hall–Kier alpha value is -1.34. The Morgan fingerprint density at radius 3 is 2.60 bits per heavy atom. The first-order chi connectivity index (χ1) is 9.38. The van der Waals surface area contributed by atoms with E-state index in [1.165, 1.54) is 0 Å². The van der Waals surface area contributed by atoms with Gasteiger partial charge in [0.25, 0.3) is 0 Å². The van der Waals surface area contributed by atoms with Gasteiger partial charge >= 0.3 is 12.0 Å². The van der Waals surface area contributed by atoms with Crippen LogP contribution in [0.25, 0.3) is 0 Å². The highest BCUT2D eigenvalue weighted by Gasteiger charge is 2.35. The molecule has 0 aliphatic carbocycles. The van der Waals surface area contributed by atoms with Gasteiger partial charge in [-0.05, 0) is 12.3 Å². The van der Waals surface area contributed by atoms with Crippen LogP contribution >= 0.6 is 0 Å². The van der Waals surface area contributed by atoms with Gasteiger partial charge in [0, 0.05) is 20.1 Å². The molecule has 1 heterocycles. The highest BCUT2D eigenvalue weighted by molar-refractivity contribution is 5.82. The number of nitrogens with one attached hydrogen (secondary N) is 2. The molecule has 7 nitrogen and oxygen atoms in total. The molecule has 2 unspecified atom stereocenters. The van der Waals surface area contributed by atoms with Crippen molar-refractivity contribution in [2.24, 2.45) is 5.92 Å². The number of carboxylic acid groups (broad SMARTS) is 1. The molecule has 0 aromatic heterocycles. The van der Waals surface area contributed by atoms with Crippen molar-refractivity contribution in [2.75, 3.05) is 26.9 Å². The van der Waals surface area contributed by atoms with Crippen LogP contribution in [-0.2, 0) is 14.3 Å². The minimum absolute atomic E-state index is 0.185. The second-order valence-electron chi connectivity index (χ2n) is 5.54. The number of hydrogen-bond donors (Lipinski definition) is 3. The maximum Gasteiger partial charge on any atom is 0.326 e. The first-order valence-corrected chi connectivity index (χ1v) is 6.78. The second-order valence-corrected chi connectivity index (χ2v) is 5.54. The molecule has 116 valence electrons. The van der Waals surface area contributed by atoms with Crippen LogP contribution in [0.1, 0.15) is 26.7 Å². The second kappa shape index (κ2) is 7.44. The number of hydrogen-bond acceptors (Lipinski definition) is 4. The van der Waals surface area contributed by atoms with E-state index >= 15 is 0 Å². The predicted molar refractivity (Wildman–Crippen MR) is 72.6 cm³/mol. The highest BCUT2D eigenvalue weighted by atomic mass is 16.5. The molecule has 3 N–H and O–H groups in total. The minimum Gasteiger partial charge on any atom is -0.480 e. The lowest BCUT2D eigenvalue weighted by molar-refractivity contribution is -0.139. The summed E-state index contributed by atoms with van der Waals surface area (Å²) in [7, 11) is 1.58.